The number of ether oxygens (including phenoxy) is 2. The summed E-state index contributed by atoms with van der Waals surface area (Å²) in [5.41, 5.74) is 1.78. The maximum atomic E-state index is 12.3. The van der Waals surface area contributed by atoms with Gasteiger partial charge in [0.1, 0.15) is 18.0 Å². The first-order chi connectivity index (χ1) is 14.3. The summed E-state index contributed by atoms with van der Waals surface area (Å²) in [6, 6.07) is 18.2. The smallest absolute Gasteiger partial charge is 0.407 e. The van der Waals surface area contributed by atoms with E-state index in [0.717, 1.165) is 42.9 Å². The standard InChI is InChI=1S/C25H36N2O3/c1-6-27(7-2)18-22(26-24(28)30-25(3,4)5)17-20-13-15-23(16-14-20)29-19-21-11-9-8-10-12-21/h8-16,22H,6-7,17-19H2,1-5H3,(H,26,28)/t22-/m0/s1. The minimum Gasteiger partial charge on any atom is -0.489 e. The molecule has 2 rings (SSSR count). The monoisotopic (exact) mass is 412 g/mol. The number of carbonyl (C=O) groups is 1. The van der Waals surface area contributed by atoms with Crippen LogP contribution in [0.2, 0.25) is 0 Å². The predicted octanol–water partition coefficient (Wildman–Crippen LogP) is 5.04. The molecule has 0 saturated heterocycles. The molecule has 2 aromatic rings. The van der Waals surface area contributed by atoms with E-state index in [2.05, 4.69) is 48.3 Å². The van der Waals surface area contributed by atoms with E-state index >= 15 is 0 Å². The van der Waals surface area contributed by atoms with E-state index in [0.29, 0.717) is 6.61 Å². The van der Waals surface area contributed by atoms with Crippen molar-refractivity contribution in [1.29, 1.82) is 0 Å². The first-order valence-corrected chi connectivity index (χ1v) is 10.8. The van der Waals surface area contributed by atoms with Crippen molar-refractivity contribution in [2.45, 2.75) is 59.3 Å². The zero-order valence-corrected chi connectivity index (χ0v) is 19.0. The molecule has 0 bridgehead atoms. The lowest BCUT2D eigenvalue weighted by Gasteiger charge is -2.28. The second kappa shape index (κ2) is 11.6. The van der Waals surface area contributed by atoms with Crippen molar-refractivity contribution in [2.24, 2.45) is 0 Å². The van der Waals surface area contributed by atoms with E-state index in [-0.39, 0.29) is 12.1 Å². The number of likely N-dealkylation sites (N-methyl/N-ethyl adjacent to an activating group) is 1. The molecule has 0 unspecified atom stereocenters. The third kappa shape index (κ3) is 8.87. The van der Waals surface area contributed by atoms with Crippen LogP contribution in [0.5, 0.6) is 5.75 Å². The van der Waals surface area contributed by atoms with Gasteiger partial charge in [-0.1, -0.05) is 56.3 Å². The fourth-order valence-electron chi connectivity index (χ4n) is 3.18. The van der Waals surface area contributed by atoms with Crippen molar-refractivity contribution in [3.05, 3.63) is 65.7 Å². The molecule has 0 aliphatic rings. The maximum Gasteiger partial charge on any atom is 0.407 e. The number of hydrogen-bond acceptors (Lipinski definition) is 4. The van der Waals surface area contributed by atoms with Crippen LogP contribution in [0.1, 0.15) is 45.7 Å². The largest absolute Gasteiger partial charge is 0.489 e. The third-order valence-electron chi connectivity index (χ3n) is 4.75. The molecule has 0 aromatic heterocycles. The summed E-state index contributed by atoms with van der Waals surface area (Å²) in [4.78, 5) is 14.6. The zero-order chi connectivity index (χ0) is 22.0. The number of hydrogen-bond donors (Lipinski definition) is 1. The van der Waals surface area contributed by atoms with E-state index in [1.165, 1.54) is 0 Å². The Morgan fingerprint density at radius 1 is 0.967 bits per heavy atom. The Morgan fingerprint density at radius 2 is 1.60 bits per heavy atom. The van der Waals surface area contributed by atoms with E-state index in [1.54, 1.807) is 0 Å². The second-order valence-corrected chi connectivity index (χ2v) is 8.45. The Kier molecular flexibility index (Phi) is 9.18. The SMILES string of the molecule is CCN(CC)C[C@H](Cc1ccc(OCc2ccccc2)cc1)NC(=O)OC(C)(C)C. The molecule has 5 heteroatoms. The van der Waals surface area contributed by atoms with Crippen molar-refractivity contribution in [3.63, 3.8) is 0 Å². The van der Waals surface area contributed by atoms with E-state index < -0.39 is 5.60 Å². The van der Waals surface area contributed by atoms with Gasteiger partial charge in [0.2, 0.25) is 0 Å². The normalized spacial score (nSPS) is 12.5. The van der Waals surface area contributed by atoms with Crippen LogP contribution in [0.25, 0.3) is 0 Å². The topological polar surface area (TPSA) is 50.8 Å². The third-order valence-corrected chi connectivity index (χ3v) is 4.75. The number of nitrogens with one attached hydrogen (secondary N) is 1. The van der Waals surface area contributed by atoms with Crippen LogP contribution in [0.3, 0.4) is 0 Å². The summed E-state index contributed by atoms with van der Waals surface area (Å²) in [6.45, 7) is 13.1. The Bertz CT molecular complexity index is 750. The summed E-state index contributed by atoms with van der Waals surface area (Å²) in [6.07, 6.45) is 0.358. The first kappa shape index (κ1) is 23.7. The molecule has 0 spiro atoms. The highest BCUT2D eigenvalue weighted by atomic mass is 16.6. The zero-order valence-electron chi connectivity index (χ0n) is 19.0. The predicted molar refractivity (Wildman–Crippen MR) is 122 cm³/mol. The molecule has 0 saturated carbocycles. The average Bonchev–Trinajstić information content (AvgIpc) is 2.70. The van der Waals surface area contributed by atoms with Gasteiger partial charge in [-0.15, -0.1) is 0 Å². The highest BCUT2D eigenvalue weighted by Crippen LogP contribution is 2.16. The number of alkyl carbamates (subject to hydrolysis) is 1. The summed E-state index contributed by atoms with van der Waals surface area (Å²) >= 11 is 0. The van der Waals surface area contributed by atoms with E-state index in [4.69, 9.17) is 9.47 Å². The lowest BCUT2D eigenvalue weighted by atomic mass is 10.1. The van der Waals surface area contributed by atoms with Gasteiger partial charge >= 0.3 is 6.09 Å². The summed E-state index contributed by atoms with van der Waals surface area (Å²) in [7, 11) is 0. The molecule has 0 heterocycles. The Balaban J connectivity index is 1.98. The summed E-state index contributed by atoms with van der Waals surface area (Å²) in [5, 5.41) is 3.05. The van der Waals surface area contributed by atoms with Crippen LogP contribution < -0.4 is 10.1 Å². The molecule has 1 atom stereocenters. The molecule has 164 valence electrons. The van der Waals surface area contributed by atoms with Crippen molar-refractivity contribution in [1.82, 2.24) is 10.2 Å². The van der Waals surface area contributed by atoms with Crippen molar-refractivity contribution in [2.75, 3.05) is 19.6 Å². The molecule has 0 aliphatic carbocycles. The van der Waals surface area contributed by atoms with Gasteiger partial charge in [0.15, 0.2) is 0 Å². The van der Waals surface area contributed by atoms with Gasteiger partial charge < -0.3 is 19.7 Å². The molecule has 30 heavy (non-hydrogen) atoms. The van der Waals surface area contributed by atoms with Crippen molar-refractivity contribution in [3.8, 4) is 5.75 Å². The van der Waals surface area contributed by atoms with E-state index in [9.17, 15) is 4.79 Å². The van der Waals surface area contributed by atoms with Gasteiger partial charge in [-0.2, -0.15) is 0 Å². The lowest BCUT2D eigenvalue weighted by molar-refractivity contribution is 0.0492. The number of amides is 1. The summed E-state index contributed by atoms with van der Waals surface area (Å²) in [5.74, 6) is 0.836. The van der Waals surface area contributed by atoms with E-state index in [1.807, 2.05) is 51.1 Å². The minimum absolute atomic E-state index is 0.0316. The molecular weight excluding hydrogens is 376 g/mol. The summed E-state index contributed by atoms with van der Waals surface area (Å²) < 4.78 is 11.3. The van der Waals surface area contributed by atoms with Gasteiger partial charge in [0.25, 0.3) is 0 Å². The Labute approximate surface area is 181 Å². The average molecular weight is 413 g/mol. The quantitative estimate of drug-likeness (QED) is 0.594. The molecular formula is C25H36N2O3. The van der Waals surface area contributed by atoms with Crippen molar-refractivity contribution < 1.29 is 14.3 Å². The Morgan fingerprint density at radius 3 is 2.17 bits per heavy atom. The molecule has 5 nitrogen and oxygen atoms in total. The molecule has 0 radical (unpaired) electrons. The van der Waals surface area contributed by atoms with Gasteiger partial charge in [0, 0.05) is 12.6 Å². The van der Waals surface area contributed by atoms with Gasteiger partial charge in [0.05, 0.1) is 0 Å². The molecule has 1 N–H and O–H groups in total. The van der Waals surface area contributed by atoms with Gasteiger partial charge in [-0.3, -0.25) is 0 Å². The van der Waals surface area contributed by atoms with Crippen LogP contribution >= 0.6 is 0 Å². The van der Waals surface area contributed by atoms with Gasteiger partial charge in [-0.05, 0) is 63.5 Å². The molecule has 1 amide bonds. The number of nitrogens with zero attached hydrogens (tertiary/aromatic N) is 1. The number of benzene rings is 2. The molecule has 0 aliphatic heterocycles. The van der Waals surface area contributed by atoms with Crippen molar-refractivity contribution >= 4 is 6.09 Å². The number of rotatable bonds is 10. The fraction of sp³-hybridized carbons (Fsp3) is 0.480. The van der Waals surface area contributed by atoms with Crippen LogP contribution in [-0.2, 0) is 17.8 Å². The maximum absolute atomic E-state index is 12.3. The second-order valence-electron chi connectivity index (χ2n) is 8.45. The first-order valence-electron chi connectivity index (χ1n) is 10.8. The van der Waals surface area contributed by atoms with Crippen LogP contribution in [0.15, 0.2) is 54.6 Å². The van der Waals surface area contributed by atoms with Crippen LogP contribution in [-0.4, -0.2) is 42.3 Å². The highest BCUT2D eigenvalue weighted by molar-refractivity contribution is 5.68. The lowest BCUT2D eigenvalue weighted by Crippen LogP contribution is -2.46. The Hall–Kier alpha value is -2.53. The fourth-order valence-corrected chi connectivity index (χ4v) is 3.18. The highest BCUT2D eigenvalue weighted by Gasteiger charge is 2.21. The molecule has 0 fully saturated rings. The number of carbonyl (C=O) groups excluding carboxylic acids is 1. The van der Waals surface area contributed by atoms with Gasteiger partial charge in [-0.25, -0.2) is 4.79 Å². The molecule has 2 aromatic carbocycles. The minimum atomic E-state index is -0.512. The van der Waals surface area contributed by atoms with Crippen LogP contribution in [0.4, 0.5) is 4.79 Å². The van der Waals surface area contributed by atoms with Crippen LogP contribution in [0, 0.1) is 0 Å².